The molecule has 0 aromatic carbocycles. The molecule has 2 fully saturated rings. The van der Waals surface area contributed by atoms with Gasteiger partial charge in [0.1, 0.15) is 0 Å². The lowest BCUT2D eigenvalue weighted by molar-refractivity contribution is 0.269. The first-order valence-electron chi connectivity index (χ1n) is 5.56. The van der Waals surface area contributed by atoms with Crippen molar-refractivity contribution < 1.29 is 0 Å². The highest BCUT2D eigenvalue weighted by molar-refractivity contribution is 7.07. The van der Waals surface area contributed by atoms with E-state index in [4.69, 9.17) is 5.73 Å². The summed E-state index contributed by atoms with van der Waals surface area (Å²) in [5.74, 6) is 1.76. The van der Waals surface area contributed by atoms with Crippen LogP contribution < -0.4 is 5.73 Å². The van der Waals surface area contributed by atoms with E-state index in [1.54, 1.807) is 11.3 Å². The minimum atomic E-state index is 0.143. The number of nitrogens with two attached hydrogens (primary N) is 1. The molecule has 2 aliphatic rings. The first kappa shape index (κ1) is 8.93. The molecule has 0 aliphatic heterocycles. The lowest BCUT2D eigenvalue weighted by Crippen LogP contribution is -2.46. The van der Waals surface area contributed by atoms with Crippen LogP contribution in [-0.4, -0.2) is 5.54 Å². The maximum atomic E-state index is 6.54. The van der Waals surface area contributed by atoms with Gasteiger partial charge in [-0.2, -0.15) is 11.3 Å². The van der Waals surface area contributed by atoms with Gasteiger partial charge in [0.2, 0.25) is 0 Å². The Labute approximate surface area is 89.3 Å². The van der Waals surface area contributed by atoms with Crippen molar-refractivity contribution in [1.29, 1.82) is 0 Å². The third kappa shape index (κ3) is 1.32. The van der Waals surface area contributed by atoms with E-state index in [0.717, 1.165) is 18.3 Å². The molecule has 0 spiro atoms. The second-order valence-corrected chi connectivity index (χ2v) is 5.90. The van der Waals surface area contributed by atoms with Gasteiger partial charge in [-0.1, -0.05) is 6.42 Å². The molecular weight excluding hydrogens is 190 g/mol. The second kappa shape index (κ2) is 3.07. The molecule has 2 aliphatic carbocycles. The molecule has 1 aromatic heterocycles. The Morgan fingerprint density at radius 2 is 2.43 bits per heavy atom. The fraction of sp³-hybridized carbons (Fsp3) is 0.667. The number of thiophene rings is 1. The van der Waals surface area contributed by atoms with E-state index >= 15 is 0 Å². The summed E-state index contributed by atoms with van der Waals surface area (Å²) in [5, 5.41) is 4.41. The molecule has 0 amide bonds. The molecular formula is C12H17NS. The molecule has 3 atom stereocenters. The summed E-state index contributed by atoms with van der Waals surface area (Å²) < 4.78 is 0. The molecule has 1 aromatic rings. The van der Waals surface area contributed by atoms with Crippen LogP contribution in [0.25, 0.3) is 0 Å². The van der Waals surface area contributed by atoms with Crippen molar-refractivity contribution in [2.75, 3.05) is 0 Å². The first-order valence-corrected chi connectivity index (χ1v) is 6.50. The van der Waals surface area contributed by atoms with Gasteiger partial charge in [0.05, 0.1) is 0 Å². The van der Waals surface area contributed by atoms with Gasteiger partial charge in [0.25, 0.3) is 0 Å². The van der Waals surface area contributed by atoms with Gasteiger partial charge in [-0.05, 0) is 59.9 Å². The fourth-order valence-electron chi connectivity index (χ4n) is 3.48. The quantitative estimate of drug-likeness (QED) is 0.793. The van der Waals surface area contributed by atoms with Crippen LogP contribution in [0.15, 0.2) is 16.8 Å². The summed E-state index contributed by atoms with van der Waals surface area (Å²) in [6, 6.07) is 2.23. The smallest absolute Gasteiger partial charge is 0.0226 e. The topological polar surface area (TPSA) is 26.0 Å². The average molecular weight is 207 g/mol. The summed E-state index contributed by atoms with van der Waals surface area (Å²) in [5.41, 5.74) is 8.13. The lowest BCUT2D eigenvalue weighted by atomic mass is 9.78. The van der Waals surface area contributed by atoms with Crippen molar-refractivity contribution in [3.63, 3.8) is 0 Å². The number of fused-ring (bicyclic) bond motifs is 2. The van der Waals surface area contributed by atoms with E-state index in [2.05, 4.69) is 16.8 Å². The maximum absolute atomic E-state index is 6.54. The maximum Gasteiger partial charge on any atom is 0.0226 e. The van der Waals surface area contributed by atoms with E-state index in [1.165, 1.54) is 31.2 Å². The zero-order valence-corrected chi connectivity index (χ0v) is 9.22. The Balaban J connectivity index is 1.78. The van der Waals surface area contributed by atoms with Gasteiger partial charge in [-0.25, -0.2) is 0 Å². The Morgan fingerprint density at radius 3 is 3.00 bits per heavy atom. The van der Waals surface area contributed by atoms with Crippen molar-refractivity contribution in [2.24, 2.45) is 17.6 Å². The molecule has 2 saturated carbocycles. The van der Waals surface area contributed by atoms with Crippen LogP contribution in [0.2, 0.25) is 0 Å². The fourth-order valence-corrected chi connectivity index (χ4v) is 4.15. The molecule has 0 saturated heterocycles. The Morgan fingerprint density at radius 1 is 1.50 bits per heavy atom. The van der Waals surface area contributed by atoms with E-state index in [9.17, 15) is 0 Å². The zero-order valence-electron chi connectivity index (χ0n) is 8.41. The molecule has 3 rings (SSSR count). The molecule has 2 N–H and O–H groups in total. The third-order valence-electron chi connectivity index (χ3n) is 4.14. The van der Waals surface area contributed by atoms with Crippen LogP contribution in [0, 0.1) is 11.8 Å². The average Bonchev–Trinajstić information content (AvgIpc) is 2.78. The number of hydrogen-bond acceptors (Lipinski definition) is 2. The molecule has 1 heterocycles. The molecule has 0 radical (unpaired) electrons. The summed E-state index contributed by atoms with van der Waals surface area (Å²) in [6.07, 6.45) is 6.60. The van der Waals surface area contributed by atoms with Gasteiger partial charge in [-0.15, -0.1) is 0 Å². The lowest BCUT2D eigenvalue weighted by Gasteiger charge is -2.33. The van der Waals surface area contributed by atoms with E-state index in [-0.39, 0.29) is 5.54 Å². The van der Waals surface area contributed by atoms with Gasteiger partial charge in [0, 0.05) is 5.54 Å². The van der Waals surface area contributed by atoms with Crippen LogP contribution in [0.3, 0.4) is 0 Å². The highest BCUT2D eigenvalue weighted by Gasteiger charge is 2.48. The van der Waals surface area contributed by atoms with Crippen molar-refractivity contribution in [1.82, 2.24) is 0 Å². The van der Waals surface area contributed by atoms with Gasteiger partial charge in [0.15, 0.2) is 0 Å². The summed E-state index contributed by atoms with van der Waals surface area (Å²) in [4.78, 5) is 0. The third-order valence-corrected chi connectivity index (χ3v) is 4.87. The standard InChI is InChI=1S/C12H17NS/c13-12(7-10-3-4-14-8-10)6-9-1-2-11(12)5-9/h3-4,8-9,11H,1-2,5-7,13H2. The van der Waals surface area contributed by atoms with Gasteiger partial charge in [-0.3, -0.25) is 0 Å². The summed E-state index contributed by atoms with van der Waals surface area (Å²) in [7, 11) is 0. The number of rotatable bonds is 2. The highest BCUT2D eigenvalue weighted by Crippen LogP contribution is 2.50. The first-order chi connectivity index (χ1) is 6.76. The monoisotopic (exact) mass is 207 g/mol. The molecule has 76 valence electrons. The minimum absolute atomic E-state index is 0.143. The molecule has 3 unspecified atom stereocenters. The van der Waals surface area contributed by atoms with E-state index in [0.29, 0.717) is 0 Å². The minimum Gasteiger partial charge on any atom is -0.325 e. The Hall–Kier alpha value is -0.340. The van der Waals surface area contributed by atoms with Crippen molar-refractivity contribution in [3.8, 4) is 0 Å². The molecule has 14 heavy (non-hydrogen) atoms. The largest absolute Gasteiger partial charge is 0.325 e. The second-order valence-electron chi connectivity index (χ2n) is 5.12. The predicted molar refractivity (Wildman–Crippen MR) is 60.4 cm³/mol. The van der Waals surface area contributed by atoms with Crippen LogP contribution in [-0.2, 0) is 6.42 Å². The summed E-state index contributed by atoms with van der Waals surface area (Å²) >= 11 is 1.79. The normalized spacial score (nSPS) is 40.6. The van der Waals surface area contributed by atoms with Crippen molar-refractivity contribution in [3.05, 3.63) is 22.4 Å². The SMILES string of the molecule is NC1(Cc2ccsc2)CC2CCC1C2. The van der Waals surface area contributed by atoms with Crippen LogP contribution in [0.5, 0.6) is 0 Å². The highest BCUT2D eigenvalue weighted by atomic mass is 32.1. The Kier molecular flexibility index (Phi) is 1.96. The van der Waals surface area contributed by atoms with E-state index in [1.807, 2.05) is 0 Å². The van der Waals surface area contributed by atoms with Gasteiger partial charge >= 0.3 is 0 Å². The number of hydrogen-bond donors (Lipinski definition) is 1. The molecule has 1 nitrogen and oxygen atoms in total. The molecule has 2 bridgehead atoms. The summed E-state index contributed by atoms with van der Waals surface area (Å²) in [6.45, 7) is 0. The van der Waals surface area contributed by atoms with Crippen molar-refractivity contribution in [2.45, 2.75) is 37.6 Å². The van der Waals surface area contributed by atoms with Crippen molar-refractivity contribution >= 4 is 11.3 Å². The van der Waals surface area contributed by atoms with E-state index < -0.39 is 0 Å². The van der Waals surface area contributed by atoms with Crippen LogP contribution in [0.1, 0.15) is 31.2 Å². The predicted octanol–water partition coefficient (Wildman–Crippen LogP) is 2.81. The zero-order chi connectivity index (χ0) is 9.60. The van der Waals surface area contributed by atoms with Crippen LogP contribution in [0.4, 0.5) is 0 Å². The van der Waals surface area contributed by atoms with Gasteiger partial charge < -0.3 is 5.73 Å². The molecule has 2 heteroatoms. The van der Waals surface area contributed by atoms with Crippen LogP contribution >= 0.6 is 11.3 Å². The Bertz CT molecular complexity index is 319.